The number of carbonyl (C=O) groups excluding carboxylic acids is 1. The fraction of sp³-hybridized carbons (Fsp3) is 0.167. The molecule has 124 valence electrons. The molecule has 0 fully saturated rings. The molecule has 6 heteroatoms. The first kappa shape index (κ1) is 17.2. The lowest BCUT2D eigenvalue weighted by Gasteiger charge is -2.04. The highest BCUT2D eigenvalue weighted by molar-refractivity contribution is 6.03. The average molecular weight is 326 g/mol. The van der Waals surface area contributed by atoms with Crippen molar-refractivity contribution >= 4 is 23.4 Å². The molecule has 0 atom stereocenters. The van der Waals surface area contributed by atoms with Gasteiger partial charge in [-0.15, -0.1) is 0 Å². The van der Waals surface area contributed by atoms with Crippen LogP contribution >= 0.6 is 0 Å². The lowest BCUT2D eigenvalue weighted by molar-refractivity contribution is -0.383. The summed E-state index contributed by atoms with van der Waals surface area (Å²) in [5.74, 6) is 0.342. The van der Waals surface area contributed by atoms with Crippen LogP contribution in [0.2, 0.25) is 0 Å². The van der Waals surface area contributed by atoms with Crippen molar-refractivity contribution in [2.24, 2.45) is 0 Å². The van der Waals surface area contributed by atoms with Crippen molar-refractivity contribution in [1.29, 1.82) is 0 Å². The van der Waals surface area contributed by atoms with Crippen molar-refractivity contribution in [2.75, 3.05) is 11.9 Å². The van der Waals surface area contributed by atoms with E-state index in [0.717, 1.165) is 17.7 Å². The van der Waals surface area contributed by atoms with Gasteiger partial charge in [-0.2, -0.15) is 0 Å². The van der Waals surface area contributed by atoms with E-state index in [1.54, 1.807) is 18.2 Å². The third-order valence-corrected chi connectivity index (χ3v) is 3.14. The number of hydrogen-bond donors (Lipinski definition) is 1. The van der Waals surface area contributed by atoms with E-state index in [1.807, 2.05) is 31.2 Å². The van der Waals surface area contributed by atoms with Gasteiger partial charge in [-0.1, -0.05) is 31.2 Å². The summed E-state index contributed by atoms with van der Waals surface area (Å²) >= 11 is 0. The quantitative estimate of drug-likeness (QED) is 0.473. The van der Waals surface area contributed by atoms with Gasteiger partial charge < -0.3 is 10.1 Å². The molecule has 0 aromatic heterocycles. The Bertz CT molecular complexity index is 739. The second-order valence-electron chi connectivity index (χ2n) is 5.01. The van der Waals surface area contributed by atoms with Gasteiger partial charge in [0, 0.05) is 12.1 Å². The van der Waals surface area contributed by atoms with Gasteiger partial charge in [-0.25, -0.2) is 0 Å². The van der Waals surface area contributed by atoms with Gasteiger partial charge in [-0.05, 0) is 36.3 Å². The lowest BCUT2D eigenvalue weighted by Crippen LogP contribution is -2.09. The van der Waals surface area contributed by atoms with E-state index in [1.165, 1.54) is 18.2 Å². The summed E-state index contributed by atoms with van der Waals surface area (Å²) in [5.41, 5.74) is 0.855. The molecule has 6 nitrogen and oxygen atoms in total. The highest BCUT2D eigenvalue weighted by Gasteiger charge is 2.13. The molecule has 0 saturated carbocycles. The average Bonchev–Trinajstić information content (AvgIpc) is 2.59. The van der Waals surface area contributed by atoms with E-state index in [4.69, 9.17) is 4.74 Å². The normalized spacial score (nSPS) is 10.5. The first-order valence-electron chi connectivity index (χ1n) is 7.55. The van der Waals surface area contributed by atoms with Crippen LogP contribution in [0.5, 0.6) is 5.75 Å². The molecule has 2 aromatic rings. The minimum Gasteiger partial charge on any atom is -0.494 e. The molecule has 0 unspecified atom stereocenters. The van der Waals surface area contributed by atoms with E-state index in [-0.39, 0.29) is 11.4 Å². The summed E-state index contributed by atoms with van der Waals surface area (Å²) in [6.45, 7) is 2.69. The maximum atomic E-state index is 11.9. The molecular formula is C18H18N2O4. The van der Waals surface area contributed by atoms with Gasteiger partial charge >= 0.3 is 0 Å². The summed E-state index contributed by atoms with van der Waals surface area (Å²) in [7, 11) is 0. The first-order valence-corrected chi connectivity index (χ1v) is 7.55. The van der Waals surface area contributed by atoms with E-state index in [0.29, 0.717) is 6.61 Å². The van der Waals surface area contributed by atoms with Crippen LogP contribution in [-0.4, -0.2) is 17.4 Å². The number of nitro groups is 1. The molecule has 0 aliphatic carbocycles. The number of benzene rings is 2. The zero-order chi connectivity index (χ0) is 17.4. The zero-order valence-corrected chi connectivity index (χ0v) is 13.3. The Kier molecular flexibility index (Phi) is 6.08. The second-order valence-corrected chi connectivity index (χ2v) is 5.01. The summed E-state index contributed by atoms with van der Waals surface area (Å²) < 4.78 is 5.48. The number of hydrogen-bond acceptors (Lipinski definition) is 4. The molecule has 2 aromatic carbocycles. The largest absolute Gasteiger partial charge is 0.494 e. The monoisotopic (exact) mass is 326 g/mol. The van der Waals surface area contributed by atoms with Crippen LogP contribution in [0.25, 0.3) is 6.08 Å². The Labute approximate surface area is 139 Å². The molecular weight excluding hydrogens is 308 g/mol. The van der Waals surface area contributed by atoms with Gasteiger partial charge in [0.2, 0.25) is 5.91 Å². The third-order valence-electron chi connectivity index (χ3n) is 3.14. The Morgan fingerprint density at radius 1 is 1.21 bits per heavy atom. The number of nitrogens with one attached hydrogen (secondary N) is 1. The Morgan fingerprint density at radius 2 is 1.92 bits per heavy atom. The van der Waals surface area contributed by atoms with E-state index < -0.39 is 10.8 Å². The number of nitro benzene ring substituents is 1. The SMILES string of the molecule is CCCOc1ccc(/C=C/C(=O)Nc2ccccc2[N+](=O)[O-])cc1. The topological polar surface area (TPSA) is 81.5 Å². The van der Waals surface area contributed by atoms with Gasteiger partial charge in [0.15, 0.2) is 0 Å². The van der Waals surface area contributed by atoms with Crippen LogP contribution in [0.1, 0.15) is 18.9 Å². The number of rotatable bonds is 7. The highest BCUT2D eigenvalue weighted by atomic mass is 16.6. The standard InChI is InChI=1S/C18H18N2O4/c1-2-13-24-15-10-7-14(8-11-15)9-12-18(21)19-16-5-3-4-6-17(16)20(22)23/h3-12H,2,13H2,1H3,(H,19,21)/b12-9+. The number of para-hydroxylation sites is 2. The molecule has 1 amide bonds. The van der Waals surface area contributed by atoms with Gasteiger partial charge in [0.05, 0.1) is 11.5 Å². The van der Waals surface area contributed by atoms with Gasteiger partial charge in [0.25, 0.3) is 5.69 Å². The van der Waals surface area contributed by atoms with Gasteiger partial charge in [-0.3, -0.25) is 14.9 Å². The number of anilines is 1. The fourth-order valence-electron chi connectivity index (χ4n) is 1.98. The maximum absolute atomic E-state index is 11.9. The number of ether oxygens (including phenoxy) is 1. The van der Waals surface area contributed by atoms with Crippen molar-refractivity contribution in [2.45, 2.75) is 13.3 Å². The zero-order valence-electron chi connectivity index (χ0n) is 13.3. The predicted octanol–water partition coefficient (Wildman–Crippen LogP) is 4.04. The fourth-order valence-corrected chi connectivity index (χ4v) is 1.98. The molecule has 0 bridgehead atoms. The molecule has 0 saturated heterocycles. The molecule has 0 spiro atoms. The summed E-state index contributed by atoms with van der Waals surface area (Å²) in [4.78, 5) is 22.3. The number of amides is 1. The first-order chi connectivity index (χ1) is 11.6. The molecule has 0 radical (unpaired) electrons. The Hall–Kier alpha value is -3.15. The van der Waals surface area contributed by atoms with Crippen LogP contribution in [0.4, 0.5) is 11.4 Å². The van der Waals surface area contributed by atoms with Gasteiger partial charge in [0.1, 0.15) is 11.4 Å². The number of carbonyl (C=O) groups is 1. The smallest absolute Gasteiger partial charge is 0.292 e. The predicted molar refractivity (Wildman–Crippen MR) is 93.0 cm³/mol. The van der Waals surface area contributed by atoms with Crippen LogP contribution in [0.15, 0.2) is 54.6 Å². The van der Waals surface area contributed by atoms with E-state index >= 15 is 0 Å². The Morgan fingerprint density at radius 3 is 2.58 bits per heavy atom. The highest BCUT2D eigenvalue weighted by Crippen LogP contribution is 2.23. The lowest BCUT2D eigenvalue weighted by atomic mass is 10.2. The summed E-state index contributed by atoms with van der Waals surface area (Å²) in [5, 5.41) is 13.4. The molecule has 0 aliphatic rings. The Balaban J connectivity index is 1.99. The van der Waals surface area contributed by atoms with Crippen molar-refractivity contribution in [3.63, 3.8) is 0 Å². The van der Waals surface area contributed by atoms with Crippen LogP contribution in [0.3, 0.4) is 0 Å². The minimum absolute atomic E-state index is 0.142. The van der Waals surface area contributed by atoms with Crippen molar-refractivity contribution < 1.29 is 14.5 Å². The van der Waals surface area contributed by atoms with Crippen molar-refractivity contribution in [3.8, 4) is 5.75 Å². The van der Waals surface area contributed by atoms with E-state index in [9.17, 15) is 14.9 Å². The van der Waals surface area contributed by atoms with Crippen LogP contribution < -0.4 is 10.1 Å². The molecule has 0 heterocycles. The molecule has 0 aliphatic heterocycles. The molecule has 1 N–H and O–H groups in total. The maximum Gasteiger partial charge on any atom is 0.292 e. The molecule has 24 heavy (non-hydrogen) atoms. The van der Waals surface area contributed by atoms with E-state index in [2.05, 4.69) is 5.32 Å². The molecule has 2 rings (SSSR count). The summed E-state index contributed by atoms with van der Waals surface area (Å²) in [6.07, 6.45) is 3.90. The van der Waals surface area contributed by atoms with Crippen LogP contribution in [0, 0.1) is 10.1 Å². The minimum atomic E-state index is -0.533. The second kappa shape index (κ2) is 8.47. The van der Waals surface area contributed by atoms with Crippen molar-refractivity contribution in [3.05, 3.63) is 70.3 Å². The summed E-state index contributed by atoms with van der Waals surface area (Å²) in [6, 6.07) is 13.3. The van der Waals surface area contributed by atoms with Crippen LogP contribution in [-0.2, 0) is 4.79 Å². The number of nitrogens with zero attached hydrogens (tertiary/aromatic N) is 1. The van der Waals surface area contributed by atoms with Crippen molar-refractivity contribution in [1.82, 2.24) is 0 Å². The third kappa shape index (κ3) is 4.95.